The molecule has 0 bridgehead atoms. The molecule has 1 fully saturated rings. The van der Waals surface area contributed by atoms with Crippen LogP contribution in [0, 0.1) is 5.92 Å². The van der Waals surface area contributed by atoms with Crippen molar-refractivity contribution >= 4 is 5.82 Å². The van der Waals surface area contributed by atoms with Crippen molar-refractivity contribution < 1.29 is 4.52 Å². The van der Waals surface area contributed by atoms with Gasteiger partial charge in [0.25, 0.3) is 0 Å². The second-order valence-corrected chi connectivity index (χ2v) is 3.84. The van der Waals surface area contributed by atoms with Crippen LogP contribution < -0.4 is 5.73 Å². The maximum atomic E-state index is 5.46. The first-order valence-electron chi connectivity index (χ1n) is 4.63. The smallest absolute Gasteiger partial charge is 0.167 e. The van der Waals surface area contributed by atoms with Crippen molar-refractivity contribution in [2.45, 2.75) is 12.8 Å². The molecule has 2 N–H and O–H groups in total. The SMILES string of the molecule is CN1CCC(Cc2cc(N)no2)C1. The molecule has 1 atom stereocenters. The number of anilines is 1. The van der Waals surface area contributed by atoms with Crippen LogP contribution >= 0.6 is 0 Å². The fourth-order valence-corrected chi connectivity index (χ4v) is 1.90. The molecule has 0 spiro atoms. The molecular weight excluding hydrogens is 166 g/mol. The van der Waals surface area contributed by atoms with Crippen LogP contribution in [0.3, 0.4) is 0 Å². The van der Waals surface area contributed by atoms with Gasteiger partial charge in [-0.25, -0.2) is 0 Å². The van der Waals surface area contributed by atoms with Crippen LogP contribution in [-0.2, 0) is 6.42 Å². The molecule has 1 unspecified atom stereocenters. The second kappa shape index (κ2) is 3.38. The molecule has 0 amide bonds. The Morgan fingerprint density at radius 2 is 2.62 bits per heavy atom. The van der Waals surface area contributed by atoms with E-state index in [-0.39, 0.29) is 0 Å². The Morgan fingerprint density at radius 1 is 1.77 bits per heavy atom. The Kier molecular flexibility index (Phi) is 2.22. The van der Waals surface area contributed by atoms with Crippen molar-refractivity contribution in [3.05, 3.63) is 11.8 Å². The van der Waals surface area contributed by atoms with Gasteiger partial charge in [0.1, 0.15) is 5.76 Å². The van der Waals surface area contributed by atoms with Crippen LogP contribution in [0.1, 0.15) is 12.2 Å². The largest absolute Gasteiger partial charge is 0.381 e. The maximum absolute atomic E-state index is 5.46. The highest BCUT2D eigenvalue weighted by atomic mass is 16.5. The minimum Gasteiger partial charge on any atom is -0.381 e. The van der Waals surface area contributed by atoms with Crippen molar-refractivity contribution in [2.24, 2.45) is 5.92 Å². The maximum Gasteiger partial charge on any atom is 0.167 e. The van der Waals surface area contributed by atoms with Crippen LogP contribution in [0.15, 0.2) is 10.6 Å². The fraction of sp³-hybridized carbons (Fsp3) is 0.667. The molecule has 2 heterocycles. The second-order valence-electron chi connectivity index (χ2n) is 3.84. The number of nitrogens with zero attached hydrogens (tertiary/aromatic N) is 2. The summed E-state index contributed by atoms with van der Waals surface area (Å²) in [6, 6.07) is 1.82. The van der Waals surface area contributed by atoms with Crippen molar-refractivity contribution in [3.63, 3.8) is 0 Å². The summed E-state index contributed by atoms with van der Waals surface area (Å²) < 4.78 is 5.07. The van der Waals surface area contributed by atoms with Crippen LogP contribution in [0.4, 0.5) is 5.82 Å². The van der Waals surface area contributed by atoms with E-state index in [1.54, 1.807) is 0 Å². The first-order valence-corrected chi connectivity index (χ1v) is 4.63. The van der Waals surface area contributed by atoms with E-state index in [2.05, 4.69) is 17.1 Å². The van der Waals surface area contributed by atoms with Crippen LogP contribution in [0.2, 0.25) is 0 Å². The first-order chi connectivity index (χ1) is 6.24. The third-order valence-corrected chi connectivity index (χ3v) is 2.56. The quantitative estimate of drug-likeness (QED) is 0.731. The van der Waals surface area contributed by atoms with Crippen LogP contribution in [-0.4, -0.2) is 30.2 Å². The van der Waals surface area contributed by atoms with E-state index >= 15 is 0 Å². The normalized spacial score (nSPS) is 23.9. The minimum absolute atomic E-state index is 0.487. The van der Waals surface area contributed by atoms with E-state index in [9.17, 15) is 0 Å². The van der Waals surface area contributed by atoms with Crippen molar-refractivity contribution in [1.82, 2.24) is 10.1 Å². The number of aromatic nitrogens is 1. The summed E-state index contributed by atoms with van der Waals surface area (Å²) in [5.74, 6) is 2.11. The van der Waals surface area contributed by atoms with Gasteiger partial charge in [-0.3, -0.25) is 0 Å². The fourth-order valence-electron chi connectivity index (χ4n) is 1.90. The number of hydrogen-bond acceptors (Lipinski definition) is 4. The predicted octanol–water partition coefficient (Wildman–Crippen LogP) is 0.751. The van der Waals surface area contributed by atoms with Gasteiger partial charge in [0.05, 0.1) is 0 Å². The Balaban J connectivity index is 1.91. The highest BCUT2D eigenvalue weighted by molar-refractivity contribution is 5.26. The van der Waals surface area contributed by atoms with Gasteiger partial charge in [0.15, 0.2) is 5.82 Å². The van der Waals surface area contributed by atoms with E-state index < -0.39 is 0 Å². The lowest BCUT2D eigenvalue weighted by Crippen LogP contribution is -2.14. The molecule has 0 aliphatic carbocycles. The van der Waals surface area contributed by atoms with Crippen molar-refractivity contribution in [2.75, 3.05) is 25.9 Å². The lowest BCUT2D eigenvalue weighted by atomic mass is 10.0. The number of rotatable bonds is 2. The molecule has 4 nitrogen and oxygen atoms in total. The van der Waals surface area contributed by atoms with Crippen LogP contribution in [0.5, 0.6) is 0 Å². The molecule has 0 saturated carbocycles. The van der Waals surface area contributed by atoms with Gasteiger partial charge >= 0.3 is 0 Å². The van der Waals surface area contributed by atoms with E-state index in [4.69, 9.17) is 10.3 Å². The lowest BCUT2D eigenvalue weighted by Gasteiger charge is -2.07. The Bertz CT molecular complexity index is 284. The summed E-state index contributed by atoms with van der Waals surface area (Å²) in [5.41, 5.74) is 5.46. The minimum atomic E-state index is 0.487. The first kappa shape index (κ1) is 8.56. The standard InChI is InChI=1S/C9H15N3O/c1-12-3-2-7(6-12)4-8-5-9(10)11-13-8/h5,7H,2-4,6H2,1H3,(H2,10,11). The zero-order valence-electron chi connectivity index (χ0n) is 7.86. The molecule has 1 aromatic heterocycles. The van der Waals surface area contributed by atoms with E-state index in [0.29, 0.717) is 11.7 Å². The Hall–Kier alpha value is -1.03. The zero-order chi connectivity index (χ0) is 9.26. The summed E-state index contributed by atoms with van der Waals surface area (Å²) in [6.07, 6.45) is 2.21. The van der Waals surface area contributed by atoms with Crippen molar-refractivity contribution in [1.29, 1.82) is 0 Å². The molecule has 72 valence electrons. The average molecular weight is 181 g/mol. The molecule has 0 aromatic carbocycles. The molecule has 0 radical (unpaired) electrons. The predicted molar refractivity (Wildman–Crippen MR) is 50.2 cm³/mol. The zero-order valence-corrected chi connectivity index (χ0v) is 7.86. The third-order valence-electron chi connectivity index (χ3n) is 2.56. The number of nitrogens with two attached hydrogens (primary N) is 1. The Morgan fingerprint density at radius 3 is 3.15 bits per heavy atom. The van der Waals surface area contributed by atoms with E-state index in [0.717, 1.165) is 18.7 Å². The highest BCUT2D eigenvalue weighted by Crippen LogP contribution is 2.20. The summed E-state index contributed by atoms with van der Waals surface area (Å²) in [5, 5.41) is 3.67. The third kappa shape index (κ3) is 2.01. The van der Waals surface area contributed by atoms with E-state index in [1.165, 1.54) is 13.0 Å². The highest BCUT2D eigenvalue weighted by Gasteiger charge is 2.20. The molecule has 4 heteroatoms. The molecule has 1 aromatic rings. The number of nitrogen functional groups attached to an aromatic ring is 1. The summed E-state index contributed by atoms with van der Waals surface area (Å²) >= 11 is 0. The van der Waals surface area contributed by atoms with Gasteiger partial charge in [-0.05, 0) is 25.9 Å². The lowest BCUT2D eigenvalue weighted by molar-refractivity contribution is 0.350. The molecule has 1 aliphatic heterocycles. The summed E-state index contributed by atoms with van der Waals surface area (Å²) in [6.45, 7) is 2.34. The molecule has 2 rings (SSSR count). The van der Waals surface area contributed by atoms with Gasteiger partial charge in [0, 0.05) is 19.0 Å². The summed E-state index contributed by atoms with van der Waals surface area (Å²) in [4.78, 5) is 2.34. The summed E-state index contributed by atoms with van der Waals surface area (Å²) in [7, 11) is 2.15. The Labute approximate surface area is 77.7 Å². The molecular formula is C9H15N3O. The van der Waals surface area contributed by atoms with Crippen molar-refractivity contribution in [3.8, 4) is 0 Å². The van der Waals surface area contributed by atoms with Crippen LogP contribution in [0.25, 0.3) is 0 Å². The van der Waals surface area contributed by atoms with Gasteiger partial charge in [-0.1, -0.05) is 5.16 Å². The molecule has 13 heavy (non-hydrogen) atoms. The van der Waals surface area contributed by atoms with Gasteiger partial charge in [0.2, 0.25) is 0 Å². The monoisotopic (exact) mass is 181 g/mol. The molecule has 1 saturated heterocycles. The molecule has 1 aliphatic rings. The number of likely N-dealkylation sites (tertiary alicyclic amines) is 1. The topological polar surface area (TPSA) is 55.3 Å². The average Bonchev–Trinajstić information content (AvgIpc) is 2.62. The van der Waals surface area contributed by atoms with Gasteiger partial charge < -0.3 is 15.2 Å². The number of hydrogen-bond donors (Lipinski definition) is 1. The van der Waals surface area contributed by atoms with Gasteiger partial charge in [-0.2, -0.15) is 0 Å². The van der Waals surface area contributed by atoms with Gasteiger partial charge in [-0.15, -0.1) is 0 Å². The van der Waals surface area contributed by atoms with E-state index in [1.807, 2.05) is 6.07 Å².